The fraction of sp³-hybridized carbons (Fsp3) is 0.448. The van der Waals surface area contributed by atoms with Gasteiger partial charge in [0, 0.05) is 50.0 Å². The standard InChI is InChI=1S/C29H36FN5O3S/c1-4-37-29-28(13-25(16-32-29)35-7-9-36-10-8-35)39-33-24-12-23(14-31-15-24)26-6-5-22(11-27(26)30)19-34-17-20(2)38-21(3)18-34/h5-6,11-16,20-21,33H,4,7-10,17-19H2,1-3H3. The van der Waals surface area contributed by atoms with Crippen molar-refractivity contribution in [3.05, 3.63) is 60.3 Å². The average molecular weight is 554 g/mol. The van der Waals surface area contributed by atoms with Crippen molar-refractivity contribution in [2.45, 2.75) is 44.4 Å². The molecule has 2 unspecified atom stereocenters. The predicted octanol–water partition coefficient (Wildman–Crippen LogP) is 5.25. The van der Waals surface area contributed by atoms with Crippen molar-refractivity contribution in [2.75, 3.05) is 55.6 Å². The molecule has 0 aliphatic carbocycles. The van der Waals surface area contributed by atoms with Crippen LogP contribution in [0.1, 0.15) is 26.3 Å². The Labute approximate surface area is 234 Å². The second-order valence-corrected chi connectivity index (χ2v) is 10.8. The quantitative estimate of drug-likeness (QED) is 0.358. The van der Waals surface area contributed by atoms with E-state index in [1.54, 1.807) is 18.5 Å². The van der Waals surface area contributed by atoms with E-state index in [9.17, 15) is 0 Å². The molecule has 2 saturated heterocycles. The van der Waals surface area contributed by atoms with Crippen LogP contribution in [0.5, 0.6) is 5.88 Å². The number of morpholine rings is 2. The summed E-state index contributed by atoms with van der Waals surface area (Å²) in [6, 6.07) is 9.45. The Bertz CT molecular complexity index is 1250. The van der Waals surface area contributed by atoms with E-state index in [0.717, 1.165) is 48.0 Å². The van der Waals surface area contributed by atoms with Crippen molar-refractivity contribution < 1.29 is 18.6 Å². The minimum absolute atomic E-state index is 0.180. The third-order valence-electron chi connectivity index (χ3n) is 6.72. The Hall–Kier alpha value is -2.92. The van der Waals surface area contributed by atoms with Crippen molar-refractivity contribution >= 4 is 23.3 Å². The molecule has 0 bridgehead atoms. The van der Waals surface area contributed by atoms with Gasteiger partial charge in [-0.25, -0.2) is 9.37 Å². The van der Waals surface area contributed by atoms with E-state index in [4.69, 9.17) is 14.2 Å². The van der Waals surface area contributed by atoms with Gasteiger partial charge in [-0.3, -0.25) is 9.88 Å². The van der Waals surface area contributed by atoms with E-state index < -0.39 is 0 Å². The van der Waals surface area contributed by atoms with Gasteiger partial charge in [-0.05, 0) is 56.5 Å². The first kappa shape index (κ1) is 27.6. The van der Waals surface area contributed by atoms with Gasteiger partial charge in [0.1, 0.15) is 5.82 Å². The Morgan fingerprint density at radius 1 is 1.08 bits per heavy atom. The summed E-state index contributed by atoms with van der Waals surface area (Å²) in [5.74, 6) is 0.316. The van der Waals surface area contributed by atoms with Crippen molar-refractivity contribution in [1.82, 2.24) is 14.9 Å². The number of hydrogen-bond donors (Lipinski definition) is 1. The third kappa shape index (κ3) is 7.19. The number of nitrogens with one attached hydrogen (secondary N) is 1. The second-order valence-electron chi connectivity index (χ2n) is 9.96. The SMILES string of the molecule is CCOc1ncc(N2CCOCC2)cc1SNc1cncc(-c2ccc(CN3CC(C)OC(C)C3)cc2F)c1. The molecule has 0 amide bonds. The highest BCUT2D eigenvalue weighted by atomic mass is 32.2. The van der Waals surface area contributed by atoms with Crippen LogP contribution in [0.2, 0.25) is 0 Å². The van der Waals surface area contributed by atoms with E-state index in [1.165, 1.54) is 11.9 Å². The number of aromatic nitrogens is 2. The molecule has 39 heavy (non-hydrogen) atoms. The van der Waals surface area contributed by atoms with Crippen LogP contribution in [0.25, 0.3) is 11.1 Å². The zero-order valence-electron chi connectivity index (χ0n) is 22.7. The monoisotopic (exact) mass is 553 g/mol. The van der Waals surface area contributed by atoms with Gasteiger partial charge in [-0.15, -0.1) is 0 Å². The fourth-order valence-electron chi connectivity index (χ4n) is 5.05. The van der Waals surface area contributed by atoms with Crippen LogP contribution in [-0.2, 0) is 16.0 Å². The number of ether oxygens (including phenoxy) is 3. The first-order valence-corrected chi connectivity index (χ1v) is 14.3. The molecule has 0 saturated carbocycles. The maximum atomic E-state index is 15.2. The Morgan fingerprint density at radius 2 is 1.87 bits per heavy atom. The lowest BCUT2D eigenvalue weighted by atomic mass is 10.0. The van der Waals surface area contributed by atoms with E-state index >= 15 is 4.39 Å². The number of hydrogen-bond acceptors (Lipinski definition) is 9. The van der Waals surface area contributed by atoms with E-state index in [2.05, 4.69) is 44.4 Å². The van der Waals surface area contributed by atoms with Gasteiger partial charge in [0.05, 0.1) is 60.7 Å². The normalized spacial score (nSPS) is 20.2. The smallest absolute Gasteiger partial charge is 0.229 e. The molecule has 1 N–H and O–H groups in total. The van der Waals surface area contributed by atoms with Crippen LogP contribution in [0, 0.1) is 5.82 Å². The molecule has 4 heterocycles. The largest absolute Gasteiger partial charge is 0.477 e. The van der Waals surface area contributed by atoms with Gasteiger partial charge in [0.25, 0.3) is 0 Å². The van der Waals surface area contributed by atoms with Crippen molar-refractivity contribution in [1.29, 1.82) is 0 Å². The highest BCUT2D eigenvalue weighted by Crippen LogP contribution is 2.33. The zero-order valence-corrected chi connectivity index (χ0v) is 23.5. The molecule has 5 rings (SSSR count). The first-order chi connectivity index (χ1) is 19.0. The number of nitrogens with zero attached hydrogens (tertiary/aromatic N) is 4. The summed E-state index contributed by atoms with van der Waals surface area (Å²) >= 11 is 1.40. The van der Waals surface area contributed by atoms with Crippen LogP contribution in [0.4, 0.5) is 15.8 Å². The van der Waals surface area contributed by atoms with Gasteiger partial charge in [0.15, 0.2) is 0 Å². The van der Waals surface area contributed by atoms with Gasteiger partial charge >= 0.3 is 0 Å². The molecule has 2 aromatic heterocycles. The Morgan fingerprint density at radius 3 is 2.62 bits per heavy atom. The van der Waals surface area contributed by atoms with Crippen molar-refractivity contribution in [2.24, 2.45) is 0 Å². The highest BCUT2D eigenvalue weighted by Gasteiger charge is 2.22. The lowest BCUT2D eigenvalue weighted by Crippen LogP contribution is -2.44. The van der Waals surface area contributed by atoms with Crippen LogP contribution >= 0.6 is 11.9 Å². The molecule has 8 nitrogen and oxygen atoms in total. The number of halogens is 1. The molecular weight excluding hydrogens is 517 g/mol. The number of pyridine rings is 2. The maximum absolute atomic E-state index is 15.2. The maximum Gasteiger partial charge on any atom is 0.229 e. The summed E-state index contributed by atoms with van der Waals surface area (Å²) in [6.07, 6.45) is 5.61. The Kier molecular flexibility index (Phi) is 9.18. The van der Waals surface area contributed by atoms with Crippen LogP contribution in [-0.4, -0.2) is 73.1 Å². The Balaban J connectivity index is 1.28. The zero-order chi connectivity index (χ0) is 27.2. The van der Waals surface area contributed by atoms with Crippen LogP contribution in [0.15, 0.2) is 53.8 Å². The van der Waals surface area contributed by atoms with Crippen molar-refractivity contribution in [3.8, 4) is 17.0 Å². The van der Waals surface area contributed by atoms with Gasteiger partial charge in [0.2, 0.25) is 5.88 Å². The topological polar surface area (TPSA) is 72.0 Å². The number of rotatable bonds is 9. The molecular formula is C29H36FN5O3S. The lowest BCUT2D eigenvalue weighted by molar-refractivity contribution is -0.0705. The van der Waals surface area contributed by atoms with Crippen molar-refractivity contribution in [3.63, 3.8) is 0 Å². The van der Waals surface area contributed by atoms with E-state index in [1.807, 2.05) is 31.3 Å². The second kappa shape index (κ2) is 13.0. The summed E-state index contributed by atoms with van der Waals surface area (Å²) in [5.41, 5.74) is 3.97. The average Bonchev–Trinajstić information content (AvgIpc) is 2.93. The summed E-state index contributed by atoms with van der Waals surface area (Å²) < 4.78 is 35.7. The fourth-order valence-corrected chi connectivity index (χ4v) is 5.77. The summed E-state index contributed by atoms with van der Waals surface area (Å²) in [6.45, 7) is 12.1. The molecule has 3 aromatic rings. The molecule has 10 heteroatoms. The lowest BCUT2D eigenvalue weighted by Gasteiger charge is -2.35. The minimum Gasteiger partial charge on any atom is -0.477 e. The summed E-state index contributed by atoms with van der Waals surface area (Å²) in [5, 5.41) is 0. The van der Waals surface area contributed by atoms with Crippen LogP contribution in [0.3, 0.4) is 0 Å². The molecule has 2 fully saturated rings. The van der Waals surface area contributed by atoms with Gasteiger partial charge in [-0.1, -0.05) is 12.1 Å². The van der Waals surface area contributed by atoms with E-state index in [0.29, 0.717) is 43.4 Å². The molecule has 0 spiro atoms. The summed E-state index contributed by atoms with van der Waals surface area (Å²) in [4.78, 5) is 14.4. The highest BCUT2D eigenvalue weighted by molar-refractivity contribution is 8.00. The third-order valence-corrected chi connectivity index (χ3v) is 7.57. The molecule has 2 aliphatic heterocycles. The van der Waals surface area contributed by atoms with Gasteiger partial charge < -0.3 is 23.8 Å². The predicted molar refractivity (Wildman–Crippen MR) is 153 cm³/mol. The number of benzene rings is 1. The van der Waals surface area contributed by atoms with Gasteiger partial charge in [-0.2, -0.15) is 0 Å². The molecule has 2 atom stereocenters. The minimum atomic E-state index is -0.255. The molecule has 1 aromatic carbocycles. The molecule has 2 aliphatic rings. The first-order valence-electron chi connectivity index (χ1n) is 13.5. The van der Waals surface area contributed by atoms with Crippen LogP contribution < -0.4 is 14.4 Å². The van der Waals surface area contributed by atoms with E-state index in [-0.39, 0.29) is 18.0 Å². The number of anilines is 2. The summed E-state index contributed by atoms with van der Waals surface area (Å²) in [7, 11) is 0. The molecule has 0 radical (unpaired) electrons. The molecule has 208 valence electrons.